The predicted molar refractivity (Wildman–Crippen MR) is 69.6 cm³/mol. The lowest BCUT2D eigenvalue weighted by Crippen LogP contribution is -2.38. The normalized spacial score (nSPS) is 10.2. The summed E-state index contributed by atoms with van der Waals surface area (Å²) in [7, 11) is 1.69. The van der Waals surface area contributed by atoms with E-state index in [-0.39, 0.29) is 24.8 Å². The van der Waals surface area contributed by atoms with Crippen molar-refractivity contribution in [1.29, 1.82) is 0 Å². The number of aliphatic hydroxyl groups excluding tert-OH is 1. The summed E-state index contributed by atoms with van der Waals surface area (Å²) in [6.45, 7) is 0.752. The first kappa shape index (κ1) is 15.2. The summed E-state index contributed by atoms with van der Waals surface area (Å²) in [4.78, 5) is 24.8. The van der Waals surface area contributed by atoms with Gasteiger partial charge in [-0.05, 0) is 31.4 Å². The summed E-state index contributed by atoms with van der Waals surface area (Å²) in [5.74, 6) is -0.352. The van der Waals surface area contributed by atoms with Crippen LogP contribution in [0.5, 0.6) is 0 Å². The van der Waals surface area contributed by atoms with Gasteiger partial charge < -0.3 is 19.7 Å². The minimum absolute atomic E-state index is 0.0456. The van der Waals surface area contributed by atoms with Crippen molar-refractivity contribution in [2.24, 2.45) is 0 Å². The lowest BCUT2D eigenvalue weighted by Gasteiger charge is -2.17. The van der Waals surface area contributed by atoms with Gasteiger partial charge in [0, 0.05) is 20.2 Å². The van der Waals surface area contributed by atoms with Crippen LogP contribution < -0.4 is 5.32 Å². The van der Waals surface area contributed by atoms with Crippen molar-refractivity contribution >= 4 is 11.8 Å². The van der Waals surface area contributed by atoms with Gasteiger partial charge in [0.15, 0.2) is 5.76 Å². The largest absolute Gasteiger partial charge is 0.459 e. The molecule has 0 aromatic carbocycles. The smallest absolute Gasteiger partial charge is 0.287 e. The first-order chi connectivity index (χ1) is 9.15. The first-order valence-electron chi connectivity index (χ1n) is 6.31. The van der Waals surface area contributed by atoms with Gasteiger partial charge in [-0.3, -0.25) is 9.59 Å². The Hall–Kier alpha value is -1.82. The van der Waals surface area contributed by atoms with Gasteiger partial charge in [0.2, 0.25) is 5.91 Å². The van der Waals surface area contributed by atoms with E-state index in [4.69, 9.17) is 9.52 Å². The number of rotatable bonds is 8. The van der Waals surface area contributed by atoms with E-state index in [9.17, 15) is 9.59 Å². The standard InChI is InChI=1S/C13H20N2O4/c1-15(7-3-2-4-8-16)12(17)10-14-13(18)11-6-5-9-19-11/h5-6,9,16H,2-4,7-8,10H2,1H3,(H,14,18). The zero-order chi connectivity index (χ0) is 14.1. The number of amides is 2. The minimum atomic E-state index is -0.396. The molecule has 2 amide bonds. The van der Waals surface area contributed by atoms with Crippen molar-refractivity contribution in [1.82, 2.24) is 10.2 Å². The molecule has 1 aromatic heterocycles. The maximum absolute atomic E-state index is 11.7. The average Bonchev–Trinajstić information content (AvgIpc) is 2.94. The number of carbonyl (C=O) groups is 2. The van der Waals surface area contributed by atoms with Crippen LogP contribution in [-0.2, 0) is 4.79 Å². The van der Waals surface area contributed by atoms with Gasteiger partial charge in [0.1, 0.15) is 0 Å². The Kier molecular flexibility index (Phi) is 6.67. The molecular weight excluding hydrogens is 248 g/mol. The molecule has 6 nitrogen and oxygen atoms in total. The first-order valence-corrected chi connectivity index (χ1v) is 6.31. The van der Waals surface area contributed by atoms with E-state index in [2.05, 4.69) is 5.32 Å². The number of hydrogen-bond donors (Lipinski definition) is 2. The number of likely N-dealkylation sites (N-methyl/N-ethyl adjacent to an activating group) is 1. The fraction of sp³-hybridized carbons (Fsp3) is 0.538. The quantitative estimate of drug-likeness (QED) is 0.677. The minimum Gasteiger partial charge on any atom is -0.459 e. The number of unbranched alkanes of at least 4 members (excludes halogenated alkanes) is 2. The van der Waals surface area contributed by atoms with Crippen LogP contribution in [0.4, 0.5) is 0 Å². The molecule has 2 N–H and O–H groups in total. The maximum Gasteiger partial charge on any atom is 0.287 e. The Labute approximate surface area is 112 Å². The third-order valence-corrected chi connectivity index (χ3v) is 2.72. The molecule has 0 radical (unpaired) electrons. The molecule has 0 aliphatic heterocycles. The summed E-state index contributed by atoms with van der Waals surface area (Å²) in [5.41, 5.74) is 0. The summed E-state index contributed by atoms with van der Waals surface area (Å²) in [5, 5.41) is 11.1. The SMILES string of the molecule is CN(CCCCCO)C(=O)CNC(=O)c1ccco1. The Bertz CT molecular complexity index is 389. The fourth-order valence-corrected chi connectivity index (χ4v) is 1.55. The lowest BCUT2D eigenvalue weighted by molar-refractivity contribution is -0.128. The third-order valence-electron chi connectivity index (χ3n) is 2.72. The summed E-state index contributed by atoms with van der Waals surface area (Å²) in [6.07, 6.45) is 3.88. The fourth-order valence-electron chi connectivity index (χ4n) is 1.55. The Morgan fingerprint density at radius 3 is 2.79 bits per heavy atom. The Morgan fingerprint density at radius 1 is 1.37 bits per heavy atom. The van der Waals surface area contributed by atoms with E-state index in [1.165, 1.54) is 6.26 Å². The summed E-state index contributed by atoms with van der Waals surface area (Å²) in [6, 6.07) is 3.16. The van der Waals surface area contributed by atoms with Crippen molar-refractivity contribution < 1.29 is 19.1 Å². The molecule has 0 spiro atoms. The molecule has 0 saturated carbocycles. The summed E-state index contributed by atoms with van der Waals surface area (Å²) < 4.78 is 4.92. The molecule has 106 valence electrons. The molecule has 0 bridgehead atoms. The van der Waals surface area contributed by atoms with Gasteiger partial charge in [0.05, 0.1) is 12.8 Å². The van der Waals surface area contributed by atoms with Crippen molar-refractivity contribution in [3.8, 4) is 0 Å². The van der Waals surface area contributed by atoms with Crippen molar-refractivity contribution in [3.63, 3.8) is 0 Å². The number of nitrogens with one attached hydrogen (secondary N) is 1. The predicted octanol–water partition coefficient (Wildman–Crippen LogP) is 0.630. The highest BCUT2D eigenvalue weighted by molar-refractivity contribution is 5.94. The van der Waals surface area contributed by atoms with Crippen molar-refractivity contribution in [2.45, 2.75) is 19.3 Å². The van der Waals surface area contributed by atoms with E-state index in [0.29, 0.717) is 6.54 Å². The zero-order valence-electron chi connectivity index (χ0n) is 11.1. The highest BCUT2D eigenvalue weighted by Crippen LogP contribution is 1.99. The molecule has 0 saturated heterocycles. The molecule has 19 heavy (non-hydrogen) atoms. The highest BCUT2D eigenvalue weighted by Gasteiger charge is 2.12. The molecule has 1 heterocycles. The second-order valence-electron chi connectivity index (χ2n) is 4.26. The third kappa shape index (κ3) is 5.56. The zero-order valence-corrected chi connectivity index (χ0v) is 11.1. The molecule has 0 aliphatic carbocycles. The van der Waals surface area contributed by atoms with Crippen LogP contribution in [0.3, 0.4) is 0 Å². The second-order valence-corrected chi connectivity index (χ2v) is 4.26. The highest BCUT2D eigenvalue weighted by atomic mass is 16.3. The number of aliphatic hydroxyl groups is 1. The van der Waals surface area contributed by atoms with Gasteiger partial charge in [-0.2, -0.15) is 0 Å². The number of hydrogen-bond acceptors (Lipinski definition) is 4. The lowest BCUT2D eigenvalue weighted by atomic mass is 10.2. The second kappa shape index (κ2) is 8.31. The van der Waals surface area contributed by atoms with E-state index in [1.807, 2.05) is 0 Å². The van der Waals surface area contributed by atoms with E-state index < -0.39 is 5.91 Å². The molecule has 0 unspecified atom stereocenters. The van der Waals surface area contributed by atoms with Crippen LogP contribution in [-0.4, -0.2) is 48.6 Å². The van der Waals surface area contributed by atoms with Crippen LogP contribution in [0.1, 0.15) is 29.8 Å². The Balaban J connectivity index is 2.21. The van der Waals surface area contributed by atoms with Crippen molar-refractivity contribution in [2.75, 3.05) is 26.7 Å². The van der Waals surface area contributed by atoms with Crippen LogP contribution in [0.2, 0.25) is 0 Å². The van der Waals surface area contributed by atoms with Crippen LogP contribution in [0, 0.1) is 0 Å². The molecule has 0 aliphatic rings. The average molecular weight is 268 g/mol. The molecule has 1 rings (SSSR count). The monoisotopic (exact) mass is 268 g/mol. The number of carbonyl (C=O) groups excluding carboxylic acids is 2. The Morgan fingerprint density at radius 2 is 2.16 bits per heavy atom. The molecule has 1 aromatic rings. The van der Waals surface area contributed by atoms with Crippen molar-refractivity contribution in [3.05, 3.63) is 24.2 Å². The van der Waals surface area contributed by atoms with Gasteiger partial charge in [-0.1, -0.05) is 0 Å². The van der Waals surface area contributed by atoms with Gasteiger partial charge >= 0.3 is 0 Å². The van der Waals surface area contributed by atoms with E-state index in [0.717, 1.165) is 19.3 Å². The molecule has 6 heteroatoms. The van der Waals surface area contributed by atoms with Crippen LogP contribution >= 0.6 is 0 Å². The van der Waals surface area contributed by atoms with E-state index in [1.54, 1.807) is 24.1 Å². The van der Waals surface area contributed by atoms with Crippen LogP contribution in [0.25, 0.3) is 0 Å². The number of nitrogens with zero attached hydrogens (tertiary/aromatic N) is 1. The van der Waals surface area contributed by atoms with Gasteiger partial charge in [-0.15, -0.1) is 0 Å². The molecule has 0 atom stereocenters. The van der Waals surface area contributed by atoms with E-state index >= 15 is 0 Å². The maximum atomic E-state index is 11.7. The number of furan rings is 1. The molecular formula is C13H20N2O4. The summed E-state index contributed by atoms with van der Waals surface area (Å²) >= 11 is 0. The van der Waals surface area contributed by atoms with Gasteiger partial charge in [-0.25, -0.2) is 0 Å². The van der Waals surface area contributed by atoms with Gasteiger partial charge in [0.25, 0.3) is 5.91 Å². The topological polar surface area (TPSA) is 82.8 Å². The van der Waals surface area contributed by atoms with Crippen LogP contribution in [0.15, 0.2) is 22.8 Å². The molecule has 0 fully saturated rings.